The van der Waals surface area contributed by atoms with Gasteiger partial charge in [0.15, 0.2) is 0 Å². The summed E-state index contributed by atoms with van der Waals surface area (Å²) in [6.45, 7) is 5.96. The highest BCUT2D eigenvalue weighted by molar-refractivity contribution is 5.82. The van der Waals surface area contributed by atoms with Crippen molar-refractivity contribution >= 4 is 11.6 Å². The SMILES string of the molecule is CC(C)c1ccc([C@H]2C[C@H]2C(=O)NCCCNc2ccncc2)cc1. The lowest BCUT2D eigenvalue weighted by Gasteiger charge is -2.08. The average molecular weight is 337 g/mol. The third-order valence-corrected chi connectivity index (χ3v) is 4.82. The highest BCUT2D eigenvalue weighted by Gasteiger charge is 2.43. The second kappa shape index (κ2) is 8.15. The van der Waals surface area contributed by atoms with E-state index in [9.17, 15) is 4.79 Å². The van der Waals surface area contributed by atoms with Gasteiger partial charge in [0.25, 0.3) is 0 Å². The van der Waals surface area contributed by atoms with E-state index in [2.05, 4.69) is 53.7 Å². The van der Waals surface area contributed by atoms with E-state index in [0.29, 0.717) is 18.4 Å². The Bertz CT molecular complexity index is 682. The number of amides is 1. The molecule has 0 spiro atoms. The van der Waals surface area contributed by atoms with Crippen molar-refractivity contribution in [1.82, 2.24) is 10.3 Å². The molecule has 1 aliphatic carbocycles. The van der Waals surface area contributed by atoms with Crippen LogP contribution in [0.5, 0.6) is 0 Å². The second-order valence-electron chi connectivity index (χ2n) is 7.08. The summed E-state index contributed by atoms with van der Waals surface area (Å²) in [5.74, 6) is 1.30. The topological polar surface area (TPSA) is 54.0 Å². The smallest absolute Gasteiger partial charge is 0.223 e. The lowest BCUT2D eigenvalue weighted by atomic mass is 10.00. The Hall–Kier alpha value is -2.36. The molecule has 0 radical (unpaired) electrons. The highest BCUT2D eigenvalue weighted by Crippen LogP contribution is 2.47. The van der Waals surface area contributed by atoms with Crippen LogP contribution in [-0.2, 0) is 4.79 Å². The summed E-state index contributed by atoms with van der Waals surface area (Å²) >= 11 is 0. The van der Waals surface area contributed by atoms with Crippen LogP contribution in [0.4, 0.5) is 5.69 Å². The number of pyridine rings is 1. The number of anilines is 1. The Morgan fingerprint density at radius 3 is 2.52 bits per heavy atom. The maximum absolute atomic E-state index is 12.3. The van der Waals surface area contributed by atoms with Gasteiger partial charge in [-0.2, -0.15) is 0 Å². The lowest BCUT2D eigenvalue weighted by Crippen LogP contribution is -2.27. The number of hydrogen-bond acceptors (Lipinski definition) is 3. The predicted molar refractivity (Wildman–Crippen MR) is 102 cm³/mol. The van der Waals surface area contributed by atoms with Crippen LogP contribution >= 0.6 is 0 Å². The van der Waals surface area contributed by atoms with E-state index in [-0.39, 0.29) is 11.8 Å². The summed E-state index contributed by atoms with van der Waals surface area (Å²) < 4.78 is 0. The molecule has 1 aromatic carbocycles. The number of carbonyl (C=O) groups excluding carboxylic acids is 1. The number of nitrogens with zero attached hydrogens (tertiary/aromatic N) is 1. The summed E-state index contributed by atoms with van der Waals surface area (Å²) in [7, 11) is 0. The Kier molecular flexibility index (Phi) is 5.69. The zero-order valence-corrected chi connectivity index (χ0v) is 15.0. The highest BCUT2D eigenvalue weighted by atomic mass is 16.2. The molecule has 132 valence electrons. The minimum absolute atomic E-state index is 0.151. The fourth-order valence-corrected chi connectivity index (χ4v) is 3.11. The molecule has 1 amide bonds. The van der Waals surface area contributed by atoms with Gasteiger partial charge in [0.05, 0.1) is 0 Å². The van der Waals surface area contributed by atoms with Crippen molar-refractivity contribution in [3.05, 3.63) is 59.9 Å². The number of nitrogens with one attached hydrogen (secondary N) is 2. The molecule has 1 saturated carbocycles. The van der Waals surface area contributed by atoms with Gasteiger partial charge in [0.2, 0.25) is 5.91 Å². The average Bonchev–Trinajstić information content (AvgIpc) is 3.43. The number of aromatic nitrogens is 1. The molecule has 1 aromatic heterocycles. The number of rotatable bonds is 8. The Morgan fingerprint density at radius 2 is 1.84 bits per heavy atom. The molecule has 1 aliphatic rings. The minimum atomic E-state index is 0.151. The van der Waals surface area contributed by atoms with E-state index in [0.717, 1.165) is 25.1 Å². The third kappa shape index (κ3) is 4.81. The van der Waals surface area contributed by atoms with Crippen LogP contribution in [0.25, 0.3) is 0 Å². The maximum Gasteiger partial charge on any atom is 0.223 e. The van der Waals surface area contributed by atoms with E-state index >= 15 is 0 Å². The van der Waals surface area contributed by atoms with Gasteiger partial charge < -0.3 is 10.6 Å². The number of hydrogen-bond donors (Lipinski definition) is 2. The first kappa shape index (κ1) is 17.5. The Morgan fingerprint density at radius 1 is 1.12 bits per heavy atom. The van der Waals surface area contributed by atoms with Gasteiger partial charge in [-0.15, -0.1) is 0 Å². The molecule has 4 heteroatoms. The predicted octanol–water partition coefficient (Wildman–Crippen LogP) is 3.93. The molecule has 2 N–H and O–H groups in total. The summed E-state index contributed by atoms with van der Waals surface area (Å²) in [6.07, 6.45) is 5.42. The minimum Gasteiger partial charge on any atom is -0.385 e. The van der Waals surface area contributed by atoms with Crippen LogP contribution in [0.2, 0.25) is 0 Å². The molecular weight excluding hydrogens is 310 g/mol. The first-order chi connectivity index (χ1) is 12.1. The number of carbonyl (C=O) groups is 1. The van der Waals surface area contributed by atoms with Crippen LogP contribution in [0.1, 0.15) is 49.7 Å². The zero-order valence-electron chi connectivity index (χ0n) is 15.0. The summed E-state index contributed by atoms with van der Waals surface area (Å²) in [5.41, 5.74) is 3.71. The van der Waals surface area contributed by atoms with Crippen LogP contribution in [0.15, 0.2) is 48.8 Å². The lowest BCUT2D eigenvalue weighted by molar-refractivity contribution is -0.122. The van der Waals surface area contributed by atoms with Crippen LogP contribution in [-0.4, -0.2) is 24.0 Å². The van der Waals surface area contributed by atoms with E-state index in [1.165, 1.54) is 11.1 Å². The Balaban J connectivity index is 1.35. The first-order valence-corrected chi connectivity index (χ1v) is 9.16. The van der Waals surface area contributed by atoms with Crippen molar-refractivity contribution in [2.75, 3.05) is 18.4 Å². The molecule has 0 unspecified atom stereocenters. The fourth-order valence-electron chi connectivity index (χ4n) is 3.11. The second-order valence-corrected chi connectivity index (χ2v) is 7.08. The van der Waals surface area contributed by atoms with E-state index in [4.69, 9.17) is 0 Å². The molecule has 0 saturated heterocycles. The molecule has 2 atom stereocenters. The van der Waals surface area contributed by atoms with Crippen molar-refractivity contribution in [3.8, 4) is 0 Å². The van der Waals surface area contributed by atoms with Gasteiger partial charge in [0.1, 0.15) is 0 Å². The third-order valence-electron chi connectivity index (χ3n) is 4.82. The molecule has 4 nitrogen and oxygen atoms in total. The summed E-state index contributed by atoms with van der Waals surface area (Å²) in [4.78, 5) is 16.2. The van der Waals surface area contributed by atoms with Crippen molar-refractivity contribution in [2.24, 2.45) is 5.92 Å². The van der Waals surface area contributed by atoms with Crippen LogP contribution < -0.4 is 10.6 Å². The molecule has 1 fully saturated rings. The summed E-state index contributed by atoms with van der Waals surface area (Å²) in [6, 6.07) is 12.6. The molecule has 0 aliphatic heterocycles. The van der Waals surface area contributed by atoms with Gasteiger partial charge in [-0.05, 0) is 47.9 Å². The fraction of sp³-hybridized carbons (Fsp3) is 0.429. The Labute approximate surface area is 150 Å². The molecule has 1 heterocycles. The molecule has 25 heavy (non-hydrogen) atoms. The molecule has 3 rings (SSSR count). The summed E-state index contributed by atoms with van der Waals surface area (Å²) in [5, 5.41) is 6.39. The number of benzene rings is 1. The zero-order chi connectivity index (χ0) is 17.6. The van der Waals surface area contributed by atoms with Gasteiger partial charge in [-0.3, -0.25) is 9.78 Å². The monoisotopic (exact) mass is 337 g/mol. The maximum atomic E-state index is 12.3. The largest absolute Gasteiger partial charge is 0.385 e. The molecule has 2 aromatic rings. The normalized spacial score (nSPS) is 18.8. The standard InChI is InChI=1S/C21H27N3O/c1-15(2)16-4-6-17(7-5-16)19-14-20(19)21(25)24-11-3-10-23-18-8-12-22-13-9-18/h4-9,12-13,15,19-20H,3,10-11,14H2,1-2H3,(H,22,23)(H,24,25)/t19-,20-/m1/s1. The van der Waals surface area contributed by atoms with Gasteiger partial charge in [0, 0.05) is 37.1 Å². The van der Waals surface area contributed by atoms with E-state index < -0.39 is 0 Å². The van der Waals surface area contributed by atoms with Crippen LogP contribution in [0.3, 0.4) is 0 Å². The molecular formula is C21H27N3O. The van der Waals surface area contributed by atoms with Crippen molar-refractivity contribution in [2.45, 2.75) is 38.5 Å². The van der Waals surface area contributed by atoms with Crippen molar-refractivity contribution < 1.29 is 4.79 Å². The quantitative estimate of drug-likeness (QED) is 0.718. The molecule has 0 bridgehead atoms. The van der Waals surface area contributed by atoms with Crippen molar-refractivity contribution in [3.63, 3.8) is 0 Å². The van der Waals surface area contributed by atoms with E-state index in [1.807, 2.05) is 12.1 Å². The van der Waals surface area contributed by atoms with Crippen LogP contribution in [0, 0.1) is 5.92 Å². The van der Waals surface area contributed by atoms with Crippen molar-refractivity contribution in [1.29, 1.82) is 0 Å². The first-order valence-electron chi connectivity index (χ1n) is 9.16. The van der Waals surface area contributed by atoms with E-state index in [1.54, 1.807) is 12.4 Å². The van der Waals surface area contributed by atoms with Gasteiger partial charge >= 0.3 is 0 Å². The van der Waals surface area contributed by atoms with Gasteiger partial charge in [-0.1, -0.05) is 38.1 Å². The van der Waals surface area contributed by atoms with Gasteiger partial charge in [-0.25, -0.2) is 0 Å².